The minimum atomic E-state index is -0.452. The van der Waals surface area contributed by atoms with Gasteiger partial charge in [0.2, 0.25) is 5.91 Å². The minimum Gasteiger partial charge on any atom is -0.494 e. The van der Waals surface area contributed by atoms with Crippen LogP contribution in [0.4, 0.5) is 5.82 Å². The molecule has 2 aliphatic heterocycles. The number of rotatable bonds is 7. The molecule has 0 spiro atoms. The Morgan fingerprint density at radius 1 is 1.23 bits per heavy atom. The SMILES string of the molecule is COC(=O)c1cc(OC)c2nc(CN3CCN(c4cccc(Br)n4)CC3=O)n(C[C@@H]3CCO3)c2c1. The molecule has 35 heavy (non-hydrogen) atoms. The normalized spacial score (nSPS) is 18.0. The van der Waals surface area contributed by atoms with Crippen LogP contribution in [0.5, 0.6) is 5.75 Å². The molecule has 1 amide bonds. The molecule has 1 atom stereocenters. The summed E-state index contributed by atoms with van der Waals surface area (Å²) in [5, 5.41) is 0. The fourth-order valence-corrected chi connectivity index (χ4v) is 4.74. The van der Waals surface area contributed by atoms with Gasteiger partial charge < -0.3 is 28.6 Å². The van der Waals surface area contributed by atoms with Gasteiger partial charge >= 0.3 is 5.97 Å². The van der Waals surface area contributed by atoms with Crippen molar-refractivity contribution in [2.75, 3.05) is 45.4 Å². The topological polar surface area (TPSA) is 99.0 Å². The Kier molecular flexibility index (Phi) is 6.61. The lowest BCUT2D eigenvalue weighted by Gasteiger charge is -2.35. The zero-order valence-electron chi connectivity index (χ0n) is 19.6. The Morgan fingerprint density at radius 2 is 2.06 bits per heavy atom. The maximum atomic E-state index is 13.1. The monoisotopic (exact) mass is 543 g/mol. The highest BCUT2D eigenvalue weighted by molar-refractivity contribution is 9.10. The third kappa shape index (κ3) is 4.70. The van der Waals surface area contributed by atoms with E-state index in [1.165, 1.54) is 7.11 Å². The second-order valence-electron chi connectivity index (χ2n) is 8.51. The maximum Gasteiger partial charge on any atom is 0.338 e. The first-order chi connectivity index (χ1) is 17.0. The molecule has 0 aliphatic carbocycles. The number of fused-ring (bicyclic) bond motifs is 1. The van der Waals surface area contributed by atoms with Crippen LogP contribution in [-0.2, 0) is 27.4 Å². The van der Waals surface area contributed by atoms with E-state index in [9.17, 15) is 9.59 Å². The number of benzene rings is 1. The first-order valence-electron chi connectivity index (χ1n) is 11.4. The van der Waals surface area contributed by atoms with Gasteiger partial charge in [-0.3, -0.25) is 4.79 Å². The van der Waals surface area contributed by atoms with Crippen LogP contribution >= 0.6 is 15.9 Å². The fraction of sp³-hybridized carbons (Fsp3) is 0.417. The van der Waals surface area contributed by atoms with Gasteiger partial charge in [-0.25, -0.2) is 14.8 Å². The van der Waals surface area contributed by atoms with Gasteiger partial charge in [-0.15, -0.1) is 0 Å². The summed E-state index contributed by atoms with van der Waals surface area (Å²) in [5.74, 6) is 1.51. The van der Waals surface area contributed by atoms with Gasteiger partial charge in [0.15, 0.2) is 0 Å². The van der Waals surface area contributed by atoms with Crippen LogP contribution in [0.15, 0.2) is 34.9 Å². The number of carbonyl (C=O) groups is 2. The van der Waals surface area contributed by atoms with Gasteiger partial charge in [-0.05, 0) is 46.6 Å². The number of esters is 1. The van der Waals surface area contributed by atoms with Crippen molar-refractivity contribution in [3.8, 4) is 5.75 Å². The molecular weight excluding hydrogens is 518 g/mol. The van der Waals surface area contributed by atoms with Crippen molar-refractivity contribution in [1.82, 2.24) is 19.4 Å². The summed E-state index contributed by atoms with van der Waals surface area (Å²) in [6.07, 6.45) is 1.01. The number of pyridine rings is 1. The van der Waals surface area contributed by atoms with Crippen molar-refractivity contribution < 1.29 is 23.8 Å². The number of amides is 1. The zero-order valence-corrected chi connectivity index (χ0v) is 21.2. The lowest BCUT2D eigenvalue weighted by atomic mass is 10.1. The Bertz CT molecular complexity index is 1270. The second-order valence-corrected chi connectivity index (χ2v) is 9.33. The summed E-state index contributed by atoms with van der Waals surface area (Å²) in [6.45, 7) is 3.10. The number of ether oxygens (including phenoxy) is 3. The van der Waals surface area contributed by atoms with Gasteiger partial charge in [0.1, 0.15) is 27.5 Å². The second kappa shape index (κ2) is 9.82. The zero-order chi connectivity index (χ0) is 24.5. The fourth-order valence-electron chi connectivity index (χ4n) is 4.40. The van der Waals surface area contributed by atoms with E-state index < -0.39 is 5.97 Å². The molecule has 1 aromatic carbocycles. The van der Waals surface area contributed by atoms with Crippen molar-refractivity contribution in [2.24, 2.45) is 0 Å². The smallest absolute Gasteiger partial charge is 0.338 e. The lowest BCUT2D eigenvalue weighted by Crippen LogP contribution is -2.50. The molecule has 0 unspecified atom stereocenters. The van der Waals surface area contributed by atoms with E-state index in [1.807, 2.05) is 32.6 Å². The largest absolute Gasteiger partial charge is 0.494 e. The van der Waals surface area contributed by atoms with Crippen LogP contribution in [0.2, 0.25) is 0 Å². The van der Waals surface area contributed by atoms with E-state index in [-0.39, 0.29) is 18.6 Å². The lowest BCUT2D eigenvalue weighted by molar-refractivity contribution is -0.131. The van der Waals surface area contributed by atoms with Crippen LogP contribution in [0.1, 0.15) is 22.6 Å². The predicted molar refractivity (Wildman–Crippen MR) is 132 cm³/mol. The van der Waals surface area contributed by atoms with Gasteiger partial charge in [-0.2, -0.15) is 0 Å². The average molecular weight is 544 g/mol. The summed E-state index contributed by atoms with van der Waals surface area (Å²) in [7, 11) is 2.89. The van der Waals surface area contributed by atoms with E-state index in [0.29, 0.717) is 43.0 Å². The van der Waals surface area contributed by atoms with E-state index in [2.05, 4.69) is 20.9 Å². The standard InChI is InChI=1S/C24H26BrN5O5/c1-33-18-11-15(24(32)34-2)10-17-23(18)27-21(30(17)12-16-6-9-35-16)13-29-8-7-28(14-22(29)31)20-5-3-4-19(25)26-20/h3-5,10-11,16H,6-9,12-14H2,1-2H3/t16-/m0/s1. The van der Waals surface area contributed by atoms with E-state index >= 15 is 0 Å². The first kappa shape index (κ1) is 23.6. The van der Waals surface area contributed by atoms with Crippen LogP contribution < -0.4 is 9.64 Å². The molecule has 11 heteroatoms. The number of carbonyl (C=O) groups excluding carboxylic acids is 2. The highest BCUT2D eigenvalue weighted by atomic mass is 79.9. The number of hydrogen-bond donors (Lipinski definition) is 0. The number of anilines is 1. The summed E-state index contributed by atoms with van der Waals surface area (Å²) in [5.41, 5.74) is 1.77. The summed E-state index contributed by atoms with van der Waals surface area (Å²) in [6, 6.07) is 9.06. The molecule has 2 fully saturated rings. The van der Waals surface area contributed by atoms with Crippen LogP contribution in [0.25, 0.3) is 11.0 Å². The van der Waals surface area contributed by atoms with Crippen molar-refractivity contribution >= 4 is 44.7 Å². The summed E-state index contributed by atoms with van der Waals surface area (Å²) >= 11 is 3.39. The average Bonchev–Trinajstić information content (AvgIpc) is 3.18. The van der Waals surface area contributed by atoms with E-state index in [0.717, 1.165) is 34.8 Å². The van der Waals surface area contributed by atoms with Crippen LogP contribution in [-0.4, -0.2) is 77.9 Å². The molecule has 4 heterocycles. The number of nitrogens with zero attached hydrogens (tertiary/aromatic N) is 5. The molecule has 184 valence electrons. The van der Waals surface area contributed by atoms with E-state index in [1.54, 1.807) is 19.2 Å². The predicted octanol–water partition coefficient (Wildman–Crippen LogP) is 2.63. The number of aromatic nitrogens is 3. The Balaban J connectivity index is 1.44. The molecule has 0 saturated carbocycles. The Hall–Kier alpha value is -3.18. The van der Waals surface area contributed by atoms with Crippen LogP contribution in [0.3, 0.4) is 0 Å². The Labute approximate surface area is 210 Å². The molecule has 2 saturated heterocycles. The minimum absolute atomic E-state index is 0.00117. The highest BCUT2D eigenvalue weighted by Gasteiger charge is 2.29. The van der Waals surface area contributed by atoms with Gasteiger partial charge in [0, 0.05) is 19.7 Å². The van der Waals surface area contributed by atoms with Crippen molar-refractivity contribution in [1.29, 1.82) is 0 Å². The van der Waals surface area contributed by atoms with Gasteiger partial charge in [0.25, 0.3) is 0 Å². The molecular formula is C24H26BrN5O5. The molecule has 3 aromatic rings. The summed E-state index contributed by atoms with van der Waals surface area (Å²) < 4.78 is 18.9. The maximum absolute atomic E-state index is 13.1. The number of hydrogen-bond acceptors (Lipinski definition) is 8. The third-order valence-electron chi connectivity index (χ3n) is 6.39. The molecule has 2 aliphatic rings. The number of halogens is 1. The van der Waals surface area contributed by atoms with Gasteiger partial charge in [-0.1, -0.05) is 6.07 Å². The molecule has 5 rings (SSSR count). The van der Waals surface area contributed by atoms with Gasteiger partial charge in [0.05, 0.1) is 51.0 Å². The summed E-state index contributed by atoms with van der Waals surface area (Å²) in [4.78, 5) is 38.4. The molecule has 10 nitrogen and oxygen atoms in total. The highest BCUT2D eigenvalue weighted by Crippen LogP contribution is 2.31. The molecule has 0 bridgehead atoms. The molecule has 2 aromatic heterocycles. The van der Waals surface area contributed by atoms with Crippen molar-refractivity contribution in [3.05, 3.63) is 46.3 Å². The number of piperazine rings is 1. The number of methoxy groups -OCH3 is 2. The first-order valence-corrected chi connectivity index (χ1v) is 12.2. The van der Waals surface area contributed by atoms with Crippen molar-refractivity contribution in [3.63, 3.8) is 0 Å². The molecule has 0 radical (unpaired) electrons. The quantitative estimate of drug-likeness (QED) is 0.331. The van der Waals surface area contributed by atoms with E-state index in [4.69, 9.17) is 19.2 Å². The van der Waals surface area contributed by atoms with Crippen LogP contribution in [0, 0.1) is 0 Å². The third-order valence-corrected chi connectivity index (χ3v) is 6.84. The Morgan fingerprint density at radius 3 is 2.71 bits per heavy atom. The number of imidazole rings is 1. The van der Waals surface area contributed by atoms with Crippen molar-refractivity contribution in [2.45, 2.75) is 25.6 Å². The molecule has 0 N–H and O–H groups in total.